The highest BCUT2D eigenvalue weighted by Crippen LogP contribution is 2.35. The van der Waals surface area contributed by atoms with E-state index in [1.165, 1.54) is 32.1 Å². The van der Waals surface area contributed by atoms with Gasteiger partial charge in [0.05, 0.1) is 5.92 Å². The quantitative estimate of drug-likeness (QED) is 0.735. The van der Waals surface area contributed by atoms with Crippen LogP contribution in [0.4, 0.5) is 0 Å². The number of fused-ring (bicyclic) bond motifs is 1. The molecule has 0 spiro atoms. The Morgan fingerprint density at radius 3 is 2.25 bits per heavy atom. The van der Waals surface area contributed by atoms with Gasteiger partial charge in [-0.15, -0.1) is 0 Å². The summed E-state index contributed by atoms with van der Waals surface area (Å²) in [5, 5.41) is 0. The molecule has 4 nitrogen and oxygen atoms in total. The van der Waals surface area contributed by atoms with E-state index in [0.717, 1.165) is 58.0 Å². The molecule has 2 saturated carbocycles. The average molecular weight is 335 g/mol. The van der Waals surface area contributed by atoms with E-state index in [1.807, 2.05) is 11.9 Å². The first-order valence-corrected chi connectivity index (χ1v) is 10.2. The van der Waals surface area contributed by atoms with E-state index < -0.39 is 0 Å². The van der Waals surface area contributed by atoms with Gasteiger partial charge < -0.3 is 9.80 Å². The Morgan fingerprint density at radius 1 is 0.833 bits per heavy atom. The molecule has 24 heavy (non-hydrogen) atoms. The zero-order chi connectivity index (χ0) is 16.9. The lowest BCUT2D eigenvalue weighted by Gasteiger charge is -2.37. The van der Waals surface area contributed by atoms with Gasteiger partial charge in [-0.25, -0.2) is 0 Å². The second-order valence-electron chi connectivity index (χ2n) is 8.15. The van der Waals surface area contributed by atoms with Gasteiger partial charge in [0.25, 0.3) is 0 Å². The Morgan fingerprint density at radius 2 is 1.50 bits per heavy atom. The molecule has 1 heterocycles. The molecule has 3 aliphatic rings. The molecule has 0 radical (unpaired) electrons. The second kappa shape index (κ2) is 8.35. The number of carbonyl (C=O) groups is 2. The molecule has 2 amide bonds. The lowest BCUT2D eigenvalue weighted by Crippen LogP contribution is -2.49. The van der Waals surface area contributed by atoms with E-state index >= 15 is 0 Å². The van der Waals surface area contributed by atoms with Gasteiger partial charge in [-0.05, 0) is 38.5 Å². The Bertz CT molecular complexity index is 445. The Labute approximate surface area is 146 Å². The van der Waals surface area contributed by atoms with Gasteiger partial charge in [-0.3, -0.25) is 9.59 Å². The molecule has 1 saturated heterocycles. The largest absolute Gasteiger partial charge is 0.345 e. The molecule has 3 rings (SSSR count). The highest BCUT2D eigenvalue weighted by atomic mass is 16.2. The van der Waals surface area contributed by atoms with Crippen molar-refractivity contribution >= 4 is 11.8 Å². The third-order valence-electron chi connectivity index (χ3n) is 6.45. The van der Waals surface area contributed by atoms with E-state index in [2.05, 4.69) is 4.90 Å². The minimum Gasteiger partial charge on any atom is -0.345 e. The smallest absolute Gasteiger partial charge is 0.227 e. The number of amides is 2. The molecule has 1 aliphatic heterocycles. The number of nitrogens with zero attached hydrogens (tertiary/aromatic N) is 2. The number of rotatable bonds is 1. The second-order valence-corrected chi connectivity index (χ2v) is 8.15. The molecule has 3 fully saturated rings. The van der Waals surface area contributed by atoms with Crippen molar-refractivity contribution in [2.45, 2.75) is 83.1 Å². The average Bonchev–Trinajstić information content (AvgIpc) is 3.08. The summed E-state index contributed by atoms with van der Waals surface area (Å²) in [4.78, 5) is 30.2. The fourth-order valence-corrected chi connectivity index (χ4v) is 5.00. The molecular formula is C20H34N2O2. The lowest BCUT2D eigenvalue weighted by molar-refractivity contribution is -0.143. The van der Waals surface area contributed by atoms with Crippen molar-refractivity contribution in [2.75, 3.05) is 20.1 Å². The van der Waals surface area contributed by atoms with Gasteiger partial charge in [0, 0.05) is 32.1 Å². The van der Waals surface area contributed by atoms with Crippen LogP contribution in [0, 0.1) is 11.8 Å². The molecule has 2 aliphatic carbocycles. The van der Waals surface area contributed by atoms with Crippen LogP contribution in [0.25, 0.3) is 0 Å². The van der Waals surface area contributed by atoms with Gasteiger partial charge in [0.1, 0.15) is 0 Å². The van der Waals surface area contributed by atoms with E-state index in [-0.39, 0.29) is 23.8 Å². The normalized spacial score (nSPS) is 30.8. The van der Waals surface area contributed by atoms with Crippen LogP contribution >= 0.6 is 0 Å². The van der Waals surface area contributed by atoms with Crippen LogP contribution in [0.3, 0.4) is 0 Å². The Balaban J connectivity index is 1.78. The molecule has 136 valence electrons. The van der Waals surface area contributed by atoms with Crippen LogP contribution < -0.4 is 0 Å². The Hall–Kier alpha value is -1.06. The van der Waals surface area contributed by atoms with Crippen molar-refractivity contribution < 1.29 is 9.59 Å². The molecular weight excluding hydrogens is 300 g/mol. The van der Waals surface area contributed by atoms with Crippen molar-refractivity contribution in [3.05, 3.63) is 0 Å². The zero-order valence-electron chi connectivity index (χ0n) is 15.3. The lowest BCUT2D eigenvalue weighted by atomic mass is 9.87. The maximum Gasteiger partial charge on any atom is 0.227 e. The standard InChI is InChI=1S/C20H34N2O2/c1-21-14-7-2-3-8-15-22(18-13-9-12-17(18)20(21)24)19(23)16-10-5-4-6-11-16/h16-18H,2-15H2,1H3/t17-,18+/m1/s1. The minimum atomic E-state index is 0.0423. The summed E-state index contributed by atoms with van der Waals surface area (Å²) in [6, 6.07) is 0.160. The van der Waals surface area contributed by atoms with Crippen molar-refractivity contribution in [3.63, 3.8) is 0 Å². The van der Waals surface area contributed by atoms with Crippen LogP contribution in [-0.2, 0) is 9.59 Å². The predicted octanol–water partition coefficient (Wildman–Crippen LogP) is 3.60. The van der Waals surface area contributed by atoms with Crippen molar-refractivity contribution in [1.82, 2.24) is 9.80 Å². The van der Waals surface area contributed by atoms with E-state index in [1.54, 1.807) is 0 Å². The molecule has 0 aromatic carbocycles. The van der Waals surface area contributed by atoms with Crippen LogP contribution in [0.1, 0.15) is 77.0 Å². The maximum absolute atomic E-state index is 13.2. The summed E-state index contributed by atoms with van der Waals surface area (Å²) in [6.07, 6.45) is 13.4. The summed E-state index contributed by atoms with van der Waals surface area (Å²) in [5.74, 6) is 0.903. The van der Waals surface area contributed by atoms with E-state index in [0.29, 0.717) is 5.91 Å². The highest BCUT2D eigenvalue weighted by molar-refractivity contribution is 5.83. The number of carbonyl (C=O) groups excluding carboxylic acids is 2. The minimum absolute atomic E-state index is 0.0423. The maximum atomic E-state index is 13.2. The third kappa shape index (κ3) is 3.94. The van der Waals surface area contributed by atoms with E-state index in [9.17, 15) is 9.59 Å². The predicted molar refractivity (Wildman–Crippen MR) is 95.5 cm³/mol. The molecule has 0 aromatic heterocycles. The van der Waals surface area contributed by atoms with Gasteiger partial charge in [0.15, 0.2) is 0 Å². The van der Waals surface area contributed by atoms with Gasteiger partial charge in [0.2, 0.25) is 11.8 Å². The van der Waals surface area contributed by atoms with Gasteiger partial charge in [-0.2, -0.15) is 0 Å². The number of hydrogen-bond donors (Lipinski definition) is 0. The summed E-state index contributed by atoms with van der Waals surface area (Å²) in [6.45, 7) is 1.74. The molecule has 0 bridgehead atoms. The molecule has 4 heteroatoms. The first-order chi connectivity index (χ1) is 11.7. The molecule has 0 aromatic rings. The monoisotopic (exact) mass is 334 g/mol. The summed E-state index contributed by atoms with van der Waals surface area (Å²) >= 11 is 0. The van der Waals surface area contributed by atoms with Crippen molar-refractivity contribution in [2.24, 2.45) is 11.8 Å². The van der Waals surface area contributed by atoms with Crippen LogP contribution in [-0.4, -0.2) is 47.8 Å². The molecule has 0 N–H and O–H groups in total. The number of hydrogen-bond acceptors (Lipinski definition) is 2. The Kier molecular flexibility index (Phi) is 6.18. The van der Waals surface area contributed by atoms with Gasteiger partial charge in [-0.1, -0.05) is 38.5 Å². The fraction of sp³-hybridized carbons (Fsp3) is 0.900. The molecule has 0 unspecified atom stereocenters. The zero-order valence-corrected chi connectivity index (χ0v) is 15.3. The van der Waals surface area contributed by atoms with Crippen LogP contribution in [0.5, 0.6) is 0 Å². The highest BCUT2D eigenvalue weighted by Gasteiger charge is 2.41. The summed E-state index contributed by atoms with van der Waals surface area (Å²) in [7, 11) is 1.95. The van der Waals surface area contributed by atoms with Crippen LogP contribution in [0.2, 0.25) is 0 Å². The van der Waals surface area contributed by atoms with Crippen LogP contribution in [0.15, 0.2) is 0 Å². The summed E-state index contributed by atoms with van der Waals surface area (Å²) < 4.78 is 0. The first kappa shape index (κ1) is 17.8. The summed E-state index contributed by atoms with van der Waals surface area (Å²) in [5.41, 5.74) is 0. The fourth-order valence-electron chi connectivity index (χ4n) is 5.00. The van der Waals surface area contributed by atoms with Crippen molar-refractivity contribution in [1.29, 1.82) is 0 Å². The van der Waals surface area contributed by atoms with E-state index in [4.69, 9.17) is 0 Å². The van der Waals surface area contributed by atoms with Gasteiger partial charge >= 0.3 is 0 Å². The third-order valence-corrected chi connectivity index (χ3v) is 6.45. The topological polar surface area (TPSA) is 40.6 Å². The molecule has 2 atom stereocenters. The SMILES string of the molecule is CN1CCCCCCN(C(=O)C2CCCCC2)[C@H]2CCC[C@H]2C1=O. The first-order valence-electron chi connectivity index (χ1n) is 10.2. The van der Waals surface area contributed by atoms with Crippen molar-refractivity contribution in [3.8, 4) is 0 Å².